The zero-order valence-corrected chi connectivity index (χ0v) is 15.2. The molecule has 0 unspecified atom stereocenters. The van der Waals surface area contributed by atoms with Crippen LogP contribution in [0, 0.1) is 0 Å². The molecule has 0 aliphatic carbocycles. The van der Waals surface area contributed by atoms with Crippen LogP contribution in [-0.2, 0) is 0 Å². The van der Waals surface area contributed by atoms with Crippen molar-refractivity contribution in [2.45, 2.75) is 110 Å². The van der Waals surface area contributed by atoms with Gasteiger partial charge in [0, 0.05) is 5.54 Å². The van der Waals surface area contributed by atoms with E-state index in [-0.39, 0.29) is 5.54 Å². The standard InChI is InChI=1S/C18H38N4/c1-4-5-6-7-8-9-10-11-12-13-14-15-16-18(2,3)22-17-19-20-21-22/h4-17H2,1-3H3,(H,19,21). The van der Waals surface area contributed by atoms with Gasteiger partial charge in [0.05, 0.1) is 0 Å². The molecule has 130 valence electrons. The average molecular weight is 311 g/mol. The molecule has 0 radical (unpaired) electrons. The fourth-order valence-corrected chi connectivity index (χ4v) is 3.07. The maximum atomic E-state index is 3.98. The van der Waals surface area contributed by atoms with Crippen LogP contribution in [-0.4, -0.2) is 17.2 Å². The van der Waals surface area contributed by atoms with E-state index in [0.717, 1.165) is 0 Å². The SMILES string of the molecule is CCCCCCCCCCCCCCC(C)(C)N1CN=NN1. The van der Waals surface area contributed by atoms with Gasteiger partial charge in [-0.1, -0.05) is 89.2 Å². The van der Waals surface area contributed by atoms with E-state index in [1.165, 1.54) is 83.5 Å². The van der Waals surface area contributed by atoms with Crippen molar-refractivity contribution in [2.75, 3.05) is 6.67 Å². The van der Waals surface area contributed by atoms with Gasteiger partial charge in [0.25, 0.3) is 0 Å². The molecule has 4 heteroatoms. The monoisotopic (exact) mass is 310 g/mol. The Morgan fingerprint density at radius 1 is 0.818 bits per heavy atom. The summed E-state index contributed by atoms with van der Waals surface area (Å²) in [5.74, 6) is 0. The molecular weight excluding hydrogens is 272 g/mol. The Kier molecular flexibility index (Phi) is 10.5. The molecule has 1 N–H and O–H groups in total. The number of hydrogen-bond donors (Lipinski definition) is 1. The topological polar surface area (TPSA) is 40.0 Å². The lowest BCUT2D eigenvalue weighted by Gasteiger charge is -2.33. The number of rotatable bonds is 14. The second-order valence-electron chi connectivity index (χ2n) is 7.36. The highest BCUT2D eigenvalue weighted by atomic mass is 15.8. The van der Waals surface area contributed by atoms with E-state index in [4.69, 9.17) is 0 Å². The summed E-state index contributed by atoms with van der Waals surface area (Å²) < 4.78 is 0. The molecule has 0 aromatic carbocycles. The quantitative estimate of drug-likeness (QED) is 0.400. The highest BCUT2D eigenvalue weighted by Crippen LogP contribution is 2.22. The van der Waals surface area contributed by atoms with Gasteiger partial charge in [0.15, 0.2) is 0 Å². The average Bonchev–Trinajstić information content (AvgIpc) is 3.03. The highest BCUT2D eigenvalue weighted by molar-refractivity contribution is 4.79. The Morgan fingerprint density at radius 2 is 1.32 bits per heavy atom. The van der Waals surface area contributed by atoms with Crippen LogP contribution >= 0.6 is 0 Å². The minimum atomic E-state index is 0.155. The summed E-state index contributed by atoms with van der Waals surface area (Å²) in [5, 5.41) is 9.95. The molecule has 0 aromatic rings. The number of unbranched alkanes of at least 4 members (excludes halogenated alkanes) is 11. The van der Waals surface area contributed by atoms with Gasteiger partial charge in [-0.3, -0.25) is 0 Å². The van der Waals surface area contributed by atoms with Crippen molar-refractivity contribution < 1.29 is 0 Å². The van der Waals surface area contributed by atoms with Crippen LogP contribution in [0.1, 0.15) is 104 Å². The zero-order valence-electron chi connectivity index (χ0n) is 15.2. The van der Waals surface area contributed by atoms with Crippen molar-refractivity contribution in [3.8, 4) is 0 Å². The zero-order chi connectivity index (χ0) is 16.1. The van der Waals surface area contributed by atoms with Crippen LogP contribution < -0.4 is 5.53 Å². The van der Waals surface area contributed by atoms with Crippen LogP contribution in [0.2, 0.25) is 0 Å². The third-order valence-corrected chi connectivity index (χ3v) is 4.81. The molecule has 4 nitrogen and oxygen atoms in total. The molecule has 0 amide bonds. The first kappa shape index (κ1) is 19.4. The predicted molar refractivity (Wildman–Crippen MR) is 94.5 cm³/mol. The van der Waals surface area contributed by atoms with Crippen molar-refractivity contribution in [3.05, 3.63) is 0 Å². The van der Waals surface area contributed by atoms with Gasteiger partial charge in [-0.25, -0.2) is 5.53 Å². The summed E-state index contributed by atoms with van der Waals surface area (Å²) in [6, 6.07) is 0. The molecule has 1 aliphatic rings. The summed E-state index contributed by atoms with van der Waals surface area (Å²) in [7, 11) is 0. The predicted octanol–water partition coefficient (Wildman–Crippen LogP) is 6.00. The maximum Gasteiger partial charge on any atom is 0.134 e. The van der Waals surface area contributed by atoms with Crippen LogP contribution in [0.15, 0.2) is 10.3 Å². The molecule has 1 heterocycles. The van der Waals surface area contributed by atoms with Crippen molar-refractivity contribution in [2.24, 2.45) is 10.3 Å². The minimum Gasteiger partial charge on any atom is -0.219 e. The largest absolute Gasteiger partial charge is 0.219 e. The first-order valence-corrected chi connectivity index (χ1v) is 9.56. The number of hydrazine groups is 1. The molecule has 0 atom stereocenters. The van der Waals surface area contributed by atoms with E-state index < -0.39 is 0 Å². The van der Waals surface area contributed by atoms with Crippen LogP contribution in [0.25, 0.3) is 0 Å². The second kappa shape index (κ2) is 11.9. The Morgan fingerprint density at radius 3 is 1.77 bits per heavy atom. The molecule has 0 saturated heterocycles. The molecule has 1 rings (SSSR count). The molecule has 0 aromatic heterocycles. The van der Waals surface area contributed by atoms with Gasteiger partial charge in [0.2, 0.25) is 0 Å². The lowest BCUT2D eigenvalue weighted by atomic mass is 9.95. The van der Waals surface area contributed by atoms with Crippen LogP contribution in [0.5, 0.6) is 0 Å². The van der Waals surface area contributed by atoms with Gasteiger partial charge in [0.1, 0.15) is 6.67 Å². The molecular formula is C18H38N4. The van der Waals surface area contributed by atoms with Crippen LogP contribution in [0.4, 0.5) is 0 Å². The fraction of sp³-hybridized carbons (Fsp3) is 1.00. The van der Waals surface area contributed by atoms with Crippen molar-refractivity contribution in [1.82, 2.24) is 10.5 Å². The Balaban J connectivity index is 1.83. The molecule has 0 fully saturated rings. The molecule has 0 saturated carbocycles. The van der Waals surface area contributed by atoms with E-state index >= 15 is 0 Å². The van der Waals surface area contributed by atoms with Gasteiger partial charge in [-0.15, -0.1) is 0 Å². The van der Waals surface area contributed by atoms with Gasteiger partial charge >= 0.3 is 0 Å². The van der Waals surface area contributed by atoms with E-state index in [1.807, 2.05) is 0 Å². The molecule has 0 spiro atoms. The van der Waals surface area contributed by atoms with Gasteiger partial charge < -0.3 is 0 Å². The van der Waals surface area contributed by atoms with E-state index in [0.29, 0.717) is 6.67 Å². The minimum absolute atomic E-state index is 0.155. The summed E-state index contributed by atoms with van der Waals surface area (Å²) in [6.45, 7) is 7.52. The van der Waals surface area contributed by atoms with Crippen molar-refractivity contribution in [1.29, 1.82) is 0 Å². The normalized spacial score (nSPS) is 15.4. The van der Waals surface area contributed by atoms with E-state index in [9.17, 15) is 0 Å². The van der Waals surface area contributed by atoms with Crippen molar-refractivity contribution in [3.63, 3.8) is 0 Å². The lowest BCUT2D eigenvalue weighted by Crippen LogP contribution is -2.47. The summed E-state index contributed by atoms with van der Waals surface area (Å²) in [6.07, 6.45) is 18.1. The first-order valence-electron chi connectivity index (χ1n) is 9.56. The Hall–Kier alpha value is -0.640. The van der Waals surface area contributed by atoms with E-state index in [1.54, 1.807) is 0 Å². The third-order valence-electron chi connectivity index (χ3n) is 4.81. The Bertz CT molecular complexity index is 281. The number of nitrogens with one attached hydrogen (secondary N) is 1. The Labute approximate surface area is 138 Å². The third kappa shape index (κ3) is 8.72. The molecule has 1 aliphatic heterocycles. The summed E-state index contributed by atoms with van der Waals surface area (Å²) >= 11 is 0. The summed E-state index contributed by atoms with van der Waals surface area (Å²) in [5.41, 5.74) is 3.14. The van der Waals surface area contributed by atoms with Gasteiger partial charge in [-0.2, -0.15) is 10.1 Å². The van der Waals surface area contributed by atoms with Gasteiger partial charge in [-0.05, 0) is 20.3 Å². The number of hydrogen-bond acceptors (Lipinski definition) is 4. The smallest absolute Gasteiger partial charge is 0.134 e. The molecule has 0 bridgehead atoms. The summed E-state index contributed by atoms with van der Waals surface area (Å²) in [4.78, 5) is 0. The van der Waals surface area contributed by atoms with E-state index in [2.05, 4.69) is 41.7 Å². The number of nitrogens with zero attached hydrogens (tertiary/aromatic N) is 3. The van der Waals surface area contributed by atoms with Crippen LogP contribution in [0.3, 0.4) is 0 Å². The van der Waals surface area contributed by atoms with Crippen molar-refractivity contribution >= 4 is 0 Å². The fourth-order valence-electron chi connectivity index (χ4n) is 3.07. The maximum absolute atomic E-state index is 3.98. The highest BCUT2D eigenvalue weighted by Gasteiger charge is 2.28. The second-order valence-corrected chi connectivity index (χ2v) is 7.36. The first-order chi connectivity index (χ1) is 10.7. The lowest BCUT2D eigenvalue weighted by molar-refractivity contribution is 0.0784. The molecule has 22 heavy (non-hydrogen) atoms.